The van der Waals surface area contributed by atoms with Crippen molar-refractivity contribution in [1.29, 1.82) is 5.26 Å². The number of benzene rings is 2. The van der Waals surface area contributed by atoms with Crippen LogP contribution in [0.2, 0.25) is 0 Å². The lowest BCUT2D eigenvalue weighted by molar-refractivity contribution is -0.117. The largest absolute Gasteiger partial charge is 0.369 e. The van der Waals surface area contributed by atoms with Crippen LogP contribution >= 0.6 is 0 Å². The van der Waals surface area contributed by atoms with Gasteiger partial charge in [0.2, 0.25) is 0 Å². The molecule has 0 aliphatic carbocycles. The van der Waals surface area contributed by atoms with Gasteiger partial charge in [0.05, 0.1) is 0 Å². The van der Waals surface area contributed by atoms with Gasteiger partial charge < -0.3 is 15.2 Å². The molecule has 0 saturated heterocycles. The molecular weight excluding hydrogens is 396 g/mol. The van der Waals surface area contributed by atoms with E-state index in [1.807, 2.05) is 30.5 Å². The smallest absolute Gasteiger partial charge is 0.261 e. The fourth-order valence-electron chi connectivity index (χ4n) is 4.74. The molecule has 5 nitrogen and oxygen atoms in total. The van der Waals surface area contributed by atoms with Crippen molar-refractivity contribution in [1.82, 2.24) is 10.3 Å². The van der Waals surface area contributed by atoms with E-state index in [1.165, 1.54) is 11.3 Å². The zero-order valence-electron chi connectivity index (χ0n) is 19.2. The Morgan fingerprint density at radius 1 is 1.31 bits per heavy atom. The van der Waals surface area contributed by atoms with E-state index in [-0.39, 0.29) is 17.0 Å². The number of fused-ring (bicyclic) bond motifs is 2. The van der Waals surface area contributed by atoms with Gasteiger partial charge in [-0.25, -0.2) is 0 Å². The van der Waals surface area contributed by atoms with Gasteiger partial charge >= 0.3 is 0 Å². The topological polar surface area (TPSA) is 71.9 Å². The summed E-state index contributed by atoms with van der Waals surface area (Å²) in [4.78, 5) is 18.2. The van der Waals surface area contributed by atoms with Crippen LogP contribution in [0.3, 0.4) is 0 Å². The summed E-state index contributed by atoms with van der Waals surface area (Å²) in [5.41, 5.74) is 5.83. The Bertz CT molecular complexity index is 1230. The molecular formula is C27H30N4O. The minimum absolute atomic E-state index is 0.103. The van der Waals surface area contributed by atoms with E-state index >= 15 is 0 Å². The van der Waals surface area contributed by atoms with Crippen molar-refractivity contribution in [3.63, 3.8) is 0 Å². The lowest BCUT2D eigenvalue weighted by Gasteiger charge is -2.45. The highest BCUT2D eigenvalue weighted by Crippen LogP contribution is 2.42. The van der Waals surface area contributed by atoms with Crippen LogP contribution in [0.25, 0.3) is 17.0 Å². The van der Waals surface area contributed by atoms with Crippen LogP contribution in [-0.4, -0.2) is 30.0 Å². The Morgan fingerprint density at radius 2 is 2.09 bits per heavy atom. The van der Waals surface area contributed by atoms with Crippen LogP contribution in [0.4, 0.5) is 5.69 Å². The lowest BCUT2D eigenvalue weighted by atomic mass is 9.80. The molecule has 2 N–H and O–H groups in total. The molecule has 0 bridgehead atoms. The number of H-pyrrole nitrogens is 1. The molecule has 0 spiro atoms. The number of carbonyl (C=O) groups excluding carboxylic acids is 1. The van der Waals surface area contributed by atoms with E-state index in [0.29, 0.717) is 18.9 Å². The molecule has 0 fully saturated rings. The van der Waals surface area contributed by atoms with E-state index < -0.39 is 0 Å². The maximum atomic E-state index is 12.6. The summed E-state index contributed by atoms with van der Waals surface area (Å²) < 4.78 is 0. The van der Waals surface area contributed by atoms with E-state index in [4.69, 9.17) is 0 Å². The fraction of sp³-hybridized carbons (Fsp3) is 0.333. The molecule has 0 radical (unpaired) electrons. The van der Waals surface area contributed by atoms with Crippen molar-refractivity contribution in [3.8, 4) is 6.07 Å². The number of hydrogen-bond acceptors (Lipinski definition) is 3. The van der Waals surface area contributed by atoms with Gasteiger partial charge in [-0.05, 0) is 73.6 Å². The third kappa shape index (κ3) is 4.13. The molecule has 5 heteroatoms. The Balaban J connectivity index is 1.46. The molecule has 1 aromatic heterocycles. The number of nitrogens with zero attached hydrogens (tertiary/aromatic N) is 2. The van der Waals surface area contributed by atoms with Gasteiger partial charge in [0.25, 0.3) is 5.91 Å². The predicted octanol–water partition coefficient (Wildman–Crippen LogP) is 5.16. The Morgan fingerprint density at radius 3 is 2.88 bits per heavy atom. The molecule has 1 aliphatic heterocycles. The SMILES string of the molecule is CC1CC(C)(C)N(C)c2ccc(/C=C(\C#N)C(=O)NCCc3c[nH]c4ccccc34)cc21. The first-order valence-electron chi connectivity index (χ1n) is 11.1. The number of rotatable bonds is 5. The number of aromatic nitrogens is 1. The average molecular weight is 427 g/mol. The number of carbonyl (C=O) groups is 1. The number of aromatic amines is 1. The number of para-hydroxylation sites is 1. The number of amides is 1. The van der Waals surface area contributed by atoms with Gasteiger partial charge in [-0.2, -0.15) is 5.26 Å². The van der Waals surface area contributed by atoms with E-state index in [0.717, 1.165) is 28.5 Å². The van der Waals surface area contributed by atoms with Gasteiger partial charge in [-0.15, -0.1) is 0 Å². The predicted molar refractivity (Wildman–Crippen MR) is 131 cm³/mol. The number of hydrogen-bond donors (Lipinski definition) is 2. The van der Waals surface area contributed by atoms with E-state index in [1.54, 1.807) is 6.08 Å². The lowest BCUT2D eigenvalue weighted by Crippen LogP contribution is -2.45. The second-order valence-electron chi connectivity index (χ2n) is 9.33. The fourth-order valence-corrected chi connectivity index (χ4v) is 4.74. The summed E-state index contributed by atoms with van der Waals surface area (Å²) in [6, 6.07) is 16.4. The van der Waals surface area contributed by atoms with Crippen LogP contribution < -0.4 is 10.2 Å². The van der Waals surface area contributed by atoms with Crippen molar-refractivity contribution >= 4 is 28.6 Å². The van der Waals surface area contributed by atoms with Crippen LogP contribution in [0, 0.1) is 11.3 Å². The quantitative estimate of drug-likeness (QED) is 0.437. The molecule has 2 aromatic carbocycles. The van der Waals surface area contributed by atoms with Crippen LogP contribution in [0.15, 0.2) is 54.2 Å². The van der Waals surface area contributed by atoms with Gasteiger partial charge in [0.15, 0.2) is 0 Å². The first-order valence-corrected chi connectivity index (χ1v) is 11.1. The van der Waals surface area contributed by atoms with Gasteiger partial charge in [-0.1, -0.05) is 31.2 Å². The summed E-state index contributed by atoms with van der Waals surface area (Å²) in [5, 5.41) is 13.6. The second-order valence-corrected chi connectivity index (χ2v) is 9.33. The molecule has 1 aliphatic rings. The van der Waals surface area contributed by atoms with Crippen molar-refractivity contribution in [2.45, 2.75) is 45.1 Å². The third-order valence-electron chi connectivity index (χ3n) is 6.69. The van der Waals surface area contributed by atoms with E-state index in [2.05, 4.69) is 67.3 Å². The molecule has 1 atom stereocenters. The average Bonchev–Trinajstić information content (AvgIpc) is 3.18. The van der Waals surface area contributed by atoms with Crippen molar-refractivity contribution in [3.05, 3.63) is 70.9 Å². The molecule has 164 valence electrons. The Kier molecular flexibility index (Phi) is 5.80. The van der Waals surface area contributed by atoms with Gasteiger partial charge in [0, 0.05) is 41.9 Å². The van der Waals surface area contributed by atoms with Gasteiger partial charge in [-0.3, -0.25) is 4.79 Å². The van der Waals surface area contributed by atoms with Crippen LogP contribution in [-0.2, 0) is 11.2 Å². The van der Waals surface area contributed by atoms with Crippen molar-refractivity contribution in [2.75, 3.05) is 18.5 Å². The highest BCUT2D eigenvalue weighted by atomic mass is 16.1. The van der Waals surface area contributed by atoms with Crippen molar-refractivity contribution < 1.29 is 4.79 Å². The highest BCUT2D eigenvalue weighted by Gasteiger charge is 2.33. The Labute approximate surface area is 189 Å². The van der Waals surface area contributed by atoms with Gasteiger partial charge in [0.1, 0.15) is 11.6 Å². The molecule has 1 amide bonds. The molecule has 3 aromatic rings. The summed E-state index contributed by atoms with van der Waals surface area (Å²) in [6.45, 7) is 7.23. The minimum atomic E-state index is -0.337. The molecule has 4 rings (SSSR count). The first-order chi connectivity index (χ1) is 15.3. The first kappa shape index (κ1) is 21.7. The maximum absolute atomic E-state index is 12.6. The standard InChI is InChI=1S/C27H30N4O/c1-18-15-27(2,3)31(4)25-10-9-19(14-23(18)25)13-21(16-28)26(32)29-12-11-20-17-30-24-8-6-5-7-22(20)24/h5-10,13-14,17-18,30H,11-12,15H2,1-4H3,(H,29,32)/b21-13+. The highest BCUT2D eigenvalue weighted by molar-refractivity contribution is 6.01. The summed E-state index contributed by atoms with van der Waals surface area (Å²) >= 11 is 0. The molecule has 2 heterocycles. The normalized spacial score (nSPS) is 17.7. The number of nitriles is 1. The maximum Gasteiger partial charge on any atom is 0.261 e. The zero-order chi connectivity index (χ0) is 22.9. The monoisotopic (exact) mass is 426 g/mol. The number of anilines is 1. The molecule has 32 heavy (non-hydrogen) atoms. The second kappa shape index (κ2) is 8.55. The summed E-state index contributed by atoms with van der Waals surface area (Å²) in [7, 11) is 2.13. The summed E-state index contributed by atoms with van der Waals surface area (Å²) in [5.74, 6) is 0.0800. The van der Waals surface area contributed by atoms with Crippen LogP contribution in [0.5, 0.6) is 0 Å². The van der Waals surface area contributed by atoms with E-state index in [9.17, 15) is 10.1 Å². The Hall–Kier alpha value is -3.52. The van der Waals surface area contributed by atoms with Crippen LogP contribution in [0.1, 0.15) is 49.8 Å². The number of nitrogens with one attached hydrogen (secondary N) is 2. The molecule has 1 unspecified atom stereocenters. The summed E-state index contributed by atoms with van der Waals surface area (Å²) in [6.07, 6.45) is 5.42. The zero-order valence-corrected chi connectivity index (χ0v) is 19.2. The minimum Gasteiger partial charge on any atom is -0.369 e. The van der Waals surface area contributed by atoms with Crippen molar-refractivity contribution in [2.24, 2.45) is 0 Å². The molecule has 0 saturated carbocycles. The third-order valence-corrected chi connectivity index (χ3v) is 6.69.